The maximum atomic E-state index is 13.6. The van der Waals surface area contributed by atoms with Gasteiger partial charge in [-0.05, 0) is 42.8 Å². The van der Waals surface area contributed by atoms with Crippen LogP contribution in [-0.4, -0.2) is 86.8 Å². The van der Waals surface area contributed by atoms with E-state index in [9.17, 15) is 45.1 Å². The van der Waals surface area contributed by atoms with E-state index < -0.39 is 44.7 Å². The molecule has 1 aliphatic rings. The third kappa shape index (κ3) is 9.86. The van der Waals surface area contributed by atoms with E-state index in [2.05, 4.69) is 10.0 Å². The Balaban J connectivity index is 0.000000745. The second-order valence-electron chi connectivity index (χ2n) is 8.63. The number of aromatic carboxylic acids is 1. The van der Waals surface area contributed by atoms with Crippen molar-refractivity contribution in [3.8, 4) is 0 Å². The number of rotatable bonds is 9. The molecule has 0 radical (unpaired) electrons. The molecule has 0 atom stereocenters. The van der Waals surface area contributed by atoms with E-state index in [0.29, 0.717) is 50.5 Å². The van der Waals surface area contributed by atoms with Crippen LogP contribution in [0, 0.1) is 11.6 Å². The molecule has 0 spiro atoms. The zero-order valence-electron chi connectivity index (χ0n) is 21.5. The number of nitrogens with zero attached hydrogens (tertiary/aromatic N) is 2. The minimum atomic E-state index is -5.08. The molecule has 1 heterocycles. The van der Waals surface area contributed by atoms with Gasteiger partial charge >= 0.3 is 18.1 Å². The normalized spacial score (nSPS) is 14.0. The van der Waals surface area contributed by atoms with Gasteiger partial charge in [-0.15, -0.1) is 0 Å². The predicted octanol–water partition coefficient (Wildman–Crippen LogP) is 2.75. The minimum Gasteiger partial charge on any atom is -0.478 e. The van der Waals surface area contributed by atoms with Gasteiger partial charge in [0.05, 0.1) is 28.4 Å². The van der Waals surface area contributed by atoms with Crippen molar-refractivity contribution in [3.63, 3.8) is 0 Å². The first-order chi connectivity index (χ1) is 19.0. The Labute approximate surface area is 231 Å². The van der Waals surface area contributed by atoms with Crippen molar-refractivity contribution in [2.45, 2.75) is 24.4 Å². The van der Waals surface area contributed by atoms with Crippen molar-refractivity contribution < 1.29 is 55.0 Å². The molecule has 0 bridgehead atoms. The van der Waals surface area contributed by atoms with Gasteiger partial charge < -0.3 is 20.4 Å². The Morgan fingerprint density at radius 2 is 1.56 bits per heavy atom. The number of amides is 1. The summed E-state index contributed by atoms with van der Waals surface area (Å²) in [5.41, 5.74) is 0.294. The average Bonchev–Trinajstić information content (AvgIpc) is 2.89. The number of nitrogens with one attached hydrogen (secondary N) is 2. The predicted molar refractivity (Wildman–Crippen MR) is 136 cm³/mol. The van der Waals surface area contributed by atoms with E-state index in [0.717, 1.165) is 12.5 Å². The van der Waals surface area contributed by atoms with E-state index in [1.54, 1.807) is 0 Å². The van der Waals surface area contributed by atoms with E-state index in [4.69, 9.17) is 9.90 Å². The van der Waals surface area contributed by atoms with Gasteiger partial charge in [0, 0.05) is 32.7 Å². The second-order valence-corrected chi connectivity index (χ2v) is 10.3. The zero-order chi connectivity index (χ0) is 31.0. The van der Waals surface area contributed by atoms with Crippen LogP contribution in [0.2, 0.25) is 0 Å². The van der Waals surface area contributed by atoms with Crippen LogP contribution >= 0.6 is 0 Å². The molecule has 1 aliphatic heterocycles. The highest BCUT2D eigenvalue weighted by Crippen LogP contribution is 2.31. The summed E-state index contributed by atoms with van der Waals surface area (Å²) in [6, 6.07) is 6.21. The van der Waals surface area contributed by atoms with Crippen LogP contribution in [0.5, 0.6) is 0 Å². The smallest absolute Gasteiger partial charge is 0.478 e. The van der Waals surface area contributed by atoms with Crippen LogP contribution in [0.1, 0.15) is 23.7 Å². The number of hydrogen-bond donors (Lipinski definition) is 4. The standard InChI is InChI=1S/C22H26F2N4O5S.C2HF3O2/c1-2-7-25-21(29)14-27-8-10-28(11-9-27)20-6-3-15(22(30)31)12-19(20)26-34(32,33)16-4-5-17(23)18(24)13-16;3-2(4,5)1(6)7/h3-6,12-13,26H,2,7-11,14H2,1H3,(H,25,29)(H,30,31);(H,6,7). The summed E-state index contributed by atoms with van der Waals surface area (Å²) >= 11 is 0. The highest BCUT2D eigenvalue weighted by atomic mass is 32.2. The summed E-state index contributed by atoms with van der Waals surface area (Å²) in [6.45, 7) is 4.83. The lowest BCUT2D eigenvalue weighted by molar-refractivity contribution is -0.192. The fourth-order valence-corrected chi connectivity index (χ4v) is 4.62. The summed E-state index contributed by atoms with van der Waals surface area (Å²) in [4.78, 5) is 35.7. The summed E-state index contributed by atoms with van der Waals surface area (Å²) in [5, 5.41) is 19.3. The topological polar surface area (TPSA) is 156 Å². The first kappa shape index (κ1) is 33.2. The number of carbonyl (C=O) groups is 3. The van der Waals surface area contributed by atoms with E-state index >= 15 is 0 Å². The lowest BCUT2D eigenvalue weighted by Crippen LogP contribution is -2.49. The third-order valence-corrected chi connectivity index (χ3v) is 6.95. The zero-order valence-corrected chi connectivity index (χ0v) is 22.4. The molecule has 226 valence electrons. The number of alkyl halides is 3. The number of piperazine rings is 1. The lowest BCUT2D eigenvalue weighted by atomic mass is 10.1. The highest BCUT2D eigenvalue weighted by Gasteiger charge is 2.38. The van der Waals surface area contributed by atoms with Gasteiger partial charge in [-0.1, -0.05) is 6.92 Å². The van der Waals surface area contributed by atoms with Crippen molar-refractivity contribution in [1.29, 1.82) is 0 Å². The monoisotopic (exact) mass is 610 g/mol. The number of carboxylic acids is 2. The van der Waals surface area contributed by atoms with Crippen molar-refractivity contribution >= 4 is 39.2 Å². The maximum absolute atomic E-state index is 13.6. The Hall–Kier alpha value is -3.99. The van der Waals surface area contributed by atoms with Crippen LogP contribution in [0.4, 0.5) is 33.3 Å². The quantitative estimate of drug-likeness (QED) is 0.314. The maximum Gasteiger partial charge on any atom is 0.490 e. The van der Waals surface area contributed by atoms with Crippen LogP contribution in [-0.2, 0) is 19.6 Å². The number of benzene rings is 2. The summed E-state index contributed by atoms with van der Waals surface area (Å²) < 4.78 is 86.5. The number of carbonyl (C=O) groups excluding carboxylic acids is 1. The van der Waals surface area contributed by atoms with E-state index in [-0.39, 0.29) is 23.7 Å². The second kappa shape index (κ2) is 14.1. The van der Waals surface area contributed by atoms with E-state index in [1.165, 1.54) is 18.2 Å². The number of aliphatic carboxylic acids is 1. The number of sulfonamides is 1. The average molecular weight is 611 g/mol. The van der Waals surface area contributed by atoms with Crippen LogP contribution in [0.25, 0.3) is 0 Å². The molecule has 1 saturated heterocycles. The molecular weight excluding hydrogens is 583 g/mol. The number of carboxylic acid groups (broad SMARTS) is 2. The number of anilines is 2. The van der Waals surface area contributed by atoms with Gasteiger partial charge in [-0.3, -0.25) is 14.4 Å². The van der Waals surface area contributed by atoms with Gasteiger partial charge in [0.15, 0.2) is 11.6 Å². The lowest BCUT2D eigenvalue weighted by Gasteiger charge is -2.36. The molecule has 0 aliphatic carbocycles. The largest absolute Gasteiger partial charge is 0.490 e. The molecule has 11 nitrogen and oxygen atoms in total. The van der Waals surface area contributed by atoms with Crippen molar-refractivity contribution in [3.05, 3.63) is 53.6 Å². The SMILES string of the molecule is CCCNC(=O)CN1CCN(c2ccc(C(=O)O)cc2NS(=O)(=O)c2ccc(F)c(F)c2)CC1.O=C(O)C(F)(F)F. The van der Waals surface area contributed by atoms with Crippen LogP contribution in [0.3, 0.4) is 0 Å². The van der Waals surface area contributed by atoms with Gasteiger partial charge in [0.1, 0.15) is 0 Å². The number of hydrogen-bond acceptors (Lipinski definition) is 7. The first-order valence-corrected chi connectivity index (χ1v) is 13.4. The molecule has 0 saturated carbocycles. The van der Waals surface area contributed by atoms with Gasteiger partial charge in [-0.2, -0.15) is 13.2 Å². The van der Waals surface area contributed by atoms with E-state index in [1.807, 2.05) is 16.7 Å². The van der Waals surface area contributed by atoms with Crippen molar-refractivity contribution in [1.82, 2.24) is 10.2 Å². The molecule has 0 unspecified atom stereocenters. The Morgan fingerprint density at radius 3 is 2.07 bits per heavy atom. The molecule has 1 amide bonds. The molecule has 2 aromatic carbocycles. The summed E-state index contributed by atoms with van der Waals surface area (Å²) in [6.07, 6.45) is -4.24. The molecular formula is C24H27F5N4O7S. The van der Waals surface area contributed by atoms with Crippen molar-refractivity contribution in [2.24, 2.45) is 0 Å². The Kier molecular flexibility index (Phi) is 11.4. The molecule has 1 fully saturated rings. The Bertz CT molecular complexity index is 1360. The molecule has 17 heteroatoms. The fourth-order valence-electron chi connectivity index (χ4n) is 3.54. The highest BCUT2D eigenvalue weighted by molar-refractivity contribution is 7.92. The number of halogens is 5. The van der Waals surface area contributed by atoms with Gasteiger partial charge in [0.25, 0.3) is 10.0 Å². The Morgan fingerprint density at radius 1 is 0.951 bits per heavy atom. The van der Waals surface area contributed by atoms with Gasteiger partial charge in [-0.25, -0.2) is 26.8 Å². The minimum absolute atomic E-state index is 0.00114. The third-order valence-electron chi connectivity index (χ3n) is 5.58. The van der Waals surface area contributed by atoms with Crippen LogP contribution < -0.4 is 14.9 Å². The molecule has 4 N–H and O–H groups in total. The van der Waals surface area contributed by atoms with Crippen molar-refractivity contribution in [2.75, 3.05) is 48.9 Å². The fraction of sp³-hybridized carbons (Fsp3) is 0.375. The first-order valence-electron chi connectivity index (χ1n) is 11.9. The van der Waals surface area contributed by atoms with Crippen LogP contribution in [0.15, 0.2) is 41.3 Å². The molecule has 0 aromatic heterocycles. The molecule has 41 heavy (non-hydrogen) atoms. The van der Waals surface area contributed by atoms with Gasteiger partial charge in [0.2, 0.25) is 5.91 Å². The molecule has 2 aromatic rings. The summed E-state index contributed by atoms with van der Waals surface area (Å²) in [7, 11) is -4.33. The summed E-state index contributed by atoms with van der Waals surface area (Å²) in [5.74, 6) is -6.58. The molecule has 3 rings (SSSR count).